The van der Waals surface area contributed by atoms with Crippen LogP contribution in [-0.4, -0.2) is 12.6 Å². The SMILES string of the molecule is Cc1ccccc1CCNC1CCC(C)CC1C. The molecule has 0 bridgehead atoms. The summed E-state index contributed by atoms with van der Waals surface area (Å²) in [7, 11) is 0. The molecule has 3 unspecified atom stereocenters. The molecule has 1 heteroatoms. The predicted octanol–water partition coefficient (Wildman–Crippen LogP) is 3.95. The quantitative estimate of drug-likeness (QED) is 0.847. The van der Waals surface area contributed by atoms with Crippen molar-refractivity contribution in [2.45, 2.75) is 52.5 Å². The third kappa shape index (κ3) is 3.58. The normalized spacial score (nSPS) is 28.3. The van der Waals surface area contributed by atoms with Crippen LogP contribution in [0.3, 0.4) is 0 Å². The minimum Gasteiger partial charge on any atom is -0.313 e. The minimum atomic E-state index is 0.741. The van der Waals surface area contributed by atoms with Crippen LogP contribution in [-0.2, 0) is 6.42 Å². The van der Waals surface area contributed by atoms with Crippen molar-refractivity contribution in [2.24, 2.45) is 11.8 Å². The average molecular weight is 245 g/mol. The highest BCUT2D eigenvalue weighted by Crippen LogP contribution is 2.28. The molecule has 1 N–H and O–H groups in total. The lowest BCUT2D eigenvalue weighted by atomic mass is 9.80. The van der Waals surface area contributed by atoms with E-state index in [1.807, 2.05) is 0 Å². The third-order valence-corrected chi connectivity index (χ3v) is 4.49. The summed E-state index contributed by atoms with van der Waals surface area (Å²) in [6, 6.07) is 9.47. The summed E-state index contributed by atoms with van der Waals surface area (Å²) < 4.78 is 0. The number of hydrogen-bond donors (Lipinski definition) is 1. The topological polar surface area (TPSA) is 12.0 Å². The van der Waals surface area contributed by atoms with Crippen molar-refractivity contribution in [1.82, 2.24) is 5.32 Å². The van der Waals surface area contributed by atoms with Gasteiger partial charge in [-0.3, -0.25) is 0 Å². The zero-order chi connectivity index (χ0) is 13.0. The van der Waals surface area contributed by atoms with E-state index in [2.05, 4.69) is 50.4 Å². The van der Waals surface area contributed by atoms with Crippen molar-refractivity contribution in [3.8, 4) is 0 Å². The first-order valence-corrected chi connectivity index (χ1v) is 7.44. The molecule has 3 atom stereocenters. The molecule has 1 nitrogen and oxygen atoms in total. The highest BCUT2D eigenvalue weighted by atomic mass is 14.9. The summed E-state index contributed by atoms with van der Waals surface area (Å²) in [4.78, 5) is 0. The van der Waals surface area contributed by atoms with Gasteiger partial charge in [0.25, 0.3) is 0 Å². The summed E-state index contributed by atoms with van der Waals surface area (Å²) >= 11 is 0. The Bertz CT molecular complexity index is 372. The molecule has 0 heterocycles. The van der Waals surface area contributed by atoms with Crippen LogP contribution in [0, 0.1) is 18.8 Å². The minimum absolute atomic E-state index is 0.741. The van der Waals surface area contributed by atoms with Gasteiger partial charge in [-0.05, 0) is 62.1 Å². The van der Waals surface area contributed by atoms with E-state index in [9.17, 15) is 0 Å². The fourth-order valence-corrected chi connectivity index (χ4v) is 3.25. The molecular formula is C17H27N. The predicted molar refractivity (Wildman–Crippen MR) is 78.9 cm³/mol. The smallest absolute Gasteiger partial charge is 0.00930 e. The first-order valence-electron chi connectivity index (χ1n) is 7.44. The van der Waals surface area contributed by atoms with Crippen molar-refractivity contribution < 1.29 is 0 Å². The van der Waals surface area contributed by atoms with E-state index in [1.165, 1.54) is 30.4 Å². The molecule has 0 spiro atoms. The number of hydrogen-bond acceptors (Lipinski definition) is 1. The summed E-state index contributed by atoms with van der Waals surface area (Å²) in [6.45, 7) is 8.12. The van der Waals surface area contributed by atoms with Crippen molar-refractivity contribution in [2.75, 3.05) is 6.54 Å². The molecule has 1 aromatic carbocycles. The van der Waals surface area contributed by atoms with Gasteiger partial charge >= 0.3 is 0 Å². The van der Waals surface area contributed by atoms with Crippen molar-refractivity contribution >= 4 is 0 Å². The lowest BCUT2D eigenvalue weighted by Gasteiger charge is -2.33. The van der Waals surface area contributed by atoms with E-state index < -0.39 is 0 Å². The second-order valence-corrected chi connectivity index (χ2v) is 6.13. The van der Waals surface area contributed by atoms with Gasteiger partial charge in [-0.1, -0.05) is 38.1 Å². The Labute approximate surface area is 112 Å². The van der Waals surface area contributed by atoms with Gasteiger partial charge in [0.05, 0.1) is 0 Å². The highest BCUT2D eigenvalue weighted by Gasteiger charge is 2.24. The van der Waals surface area contributed by atoms with Crippen LogP contribution in [0.15, 0.2) is 24.3 Å². The number of aryl methyl sites for hydroxylation is 1. The van der Waals surface area contributed by atoms with Crippen LogP contribution in [0.5, 0.6) is 0 Å². The first kappa shape index (κ1) is 13.6. The molecule has 100 valence electrons. The van der Waals surface area contributed by atoms with Crippen LogP contribution in [0.2, 0.25) is 0 Å². The zero-order valence-corrected chi connectivity index (χ0v) is 12.1. The van der Waals surface area contributed by atoms with E-state index in [-0.39, 0.29) is 0 Å². The average Bonchev–Trinajstić information content (AvgIpc) is 2.34. The van der Waals surface area contributed by atoms with Crippen molar-refractivity contribution in [3.05, 3.63) is 35.4 Å². The Morgan fingerprint density at radius 2 is 1.94 bits per heavy atom. The third-order valence-electron chi connectivity index (χ3n) is 4.49. The summed E-state index contributed by atoms with van der Waals surface area (Å²) in [5.41, 5.74) is 2.91. The summed E-state index contributed by atoms with van der Waals surface area (Å²) in [5, 5.41) is 3.77. The van der Waals surface area contributed by atoms with Crippen molar-refractivity contribution in [3.63, 3.8) is 0 Å². The Morgan fingerprint density at radius 1 is 1.17 bits per heavy atom. The van der Waals surface area contributed by atoms with E-state index in [1.54, 1.807) is 0 Å². The van der Waals surface area contributed by atoms with Gasteiger partial charge in [0.2, 0.25) is 0 Å². The maximum absolute atomic E-state index is 3.77. The van der Waals surface area contributed by atoms with E-state index in [0.717, 1.165) is 30.8 Å². The van der Waals surface area contributed by atoms with Gasteiger partial charge in [-0.2, -0.15) is 0 Å². The molecule has 1 saturated carbocycles. The van der Waals surface area contributed by atoms with Gasteiger partial charge in [0.1, 0.15) is 0 Å². The molecule has 0 aliphatic heterocycles. The van der Waals surface area contributed by atoms with E-state index >= 15 is 0 Å². The lowest BCUT2D eigenvalue weighted by Crippen LogP contribution is -2.40. The molecule has 0 saturated heterocycles. The highest BCUT2D eigenvalue weighted by molar-refractivity contribution is 5.25. The number of rotatable bonds is 4. The molecule has 1 aromatic rings. The molecule has 2 rings (SSSR count). The van der Waals surface area contributed by atoms with Crippen LogP contribution in [0.1, 0.15) is 44.2 Å². The van der Waals surface area contributed by atoms with Crippen LogP contribution in [0.4, 0.5) is 0 Å². The second-order valence-electron chi connectivity index (χ2n) is 6.13. The lowest BCUT2D eigenvalue weighted by molar-refractivity contribution is 0.229. The molecule has 1 aliphatic carbocycles. The molecule has 0 radical (unpaired) electrons. The molecule has 18 heavy (non-hydrogen) atoms. The first-order chi connectivity index (χ1) is 8.66. The van der Waals surface area contributed by atoms with Crippen LogP contribution >= 0.6 is 0 Å². The maximum atomic E-state index is 3.77. The Balaban J connectivity index is 1.77. The largest absolute Gasteiger partial charge is 0.313 e. The van der Waals surface area contributed by atoms with Gasteiger partial charge < -0.3 is 5.32 Å². The second kappa shape index (κ2) is 6.38. The molecular weight excluding hydrogens is 218 g/mol. The van der Waals surface area contributed by atoms with Crippen molar-refractivity contribution in [1.29, 1.82) is 0 Å². The monoisotopic (exact) mass is 245 g/mol. The fourth-order valence-electron chi connectivity index (χ4n) is 3.25. The fraction of sp³-hybridized carbons (Fsp3) is 0.647. The van der Waals surface area contributed by atoms with E-state index in [4.69, 9.17) is 0 Å². The molecule has 1 aliphatic rings. The van der Waals surface area contributed by atoms with Gasteiger partial charge in [0, 0.05) is 6.04 Å². The van der Waals surface area contributed by atoms with Crippen LogP contribution in [0.25, 0.3) is 0 Å². The Hall–Kier alpha value is -0.820. The number of benzene rings is 1. The Kier molecular flexibility index (Phi) is 4.82. The summed E-state index contributed by atoms with van der Waals surface area (Å²) in [5.74, 6) is 1.76. The zero-order valence-electron chi connectivity index (χ0n) is 12.1. The van der Waals surface area contributed by atoms with Crippen LogP contribution < -0.4 is 5.32 Å². The summed E-state index contributed by atoms with van der Waals surface area (Å²) in [6.07, 6.45) is 5.30. The Morgan fingerprint density at radius 3 is 2.67 bits per heavy atom. The number of nitrogens with one attached hydrogen (secondary N) is 1. The van der Waals surface area contributed by atoms with Gasteiger partial charge in [-0.15, -0.1) is 0 Å². The molecule has 0 aromatic heterocycles. The van der Waals surface area contributed by atoms with Gasteiger partial charge in [0.15, 0.2) is 0 Å². The maximum Gasteiger partial charge on any atom is 0.00930 e. The van der Waals surface area contributed by atoms with Gasteiger partial charge in [-0.25, -0.2) is 0 Å². The van der Waals surface area contributed by atoms with E-state index in [0.29, 0.717) is 0 Å². The standard InChI is InChI=1S/C17H27N/c1-13-8-9-17(15(3)12-13)18-11-10-16-7-5-4-6-14(16)2/h4-7,13,15,17-18H,8-12H2,1-3H3. The molecule has 1 fully saturated rings. The molecule has 0 amide bonds.